The molecule has 1 aliphatic rings. The summed E-state index contributed by atoms with van der Waals surface area (Å²) in [5.41, 5.74) is 2.43. The fraction of sp³-hybridized carbons (Fsp3) is 0.733. The Morgan fingerprint density at radius 3 is 3.00 bits per heavy atom. The highest BCUT2D eigenvalue weighted by Gasteiger charge is 2.27. The predicted molar refractivity (Wildman–Crippen MR) is 79.5 cm³/mol. The number of hydrogen-bond donors (Lipinski definition) is 2. The summed E-state index contributed by atoms with van der Waals surface area (Å²) in [6.07, 6.45) is 4.03. The van der Waals surface area contributed by atoms with Crippen molar-refractivity contribution in [3.63, 3.8) is 0 Å². The third kappa shape index (κ3) is 3.60. The summed E-state index contributed by atoms with van der Waals surface area (Å²) in [7, 11) is 2.01. The van der Waals surface area contributed by atoms with E-state index in [-0.39, 0.29) is 11.9 Å². The molecule has 2 atom stereocenters. The van der Waals surface area contributed by atoms with Gasteiger partial charge >= 0.3 is 0 Å². The molecule has 0 spiro atoms. The molecule has 1 amide bonds. The lowest BCUT2D eigenvalue weighted by Gasteiger charge is -2.29. The maximum Gasteiger partial charge on any atom is 0.237 e. The minimum atomic E-state index is -0.0347. The van der Waals surface area contributed by atoms with Gasteiger partial charge in [0.25, 0.3) is 0 Å². The van der Waals surface area contributed by atoms with E-state index < -0.39 is 0 Å². The van der Waals surface area contributed by atoms with Gasteiger partial charge in [-0.1, -0.05) is 6.92 Å². The van der Waals surface area contributed by atoms with Gasteiger partial charge in [0.2, 0.25) is 5.91 Å². The molecule has 1 aromatic heterocycles. The van der Waals surface area contributed by atoms with E-state index in [9.17, 15) is 4.79 Å². The highest BCUT2D eigenvalue weighted by molar-refractivity contribution is 5.81. The third-order valence-corrected chi connectivity index (χ3v) is 4.07. The van der Waals surface area contributed by atoms with Gasteiger partial charge < -0.3 is 10.6 Å². The fourth-order valence-corrected chi connectivity index (χ4v) is 2.91. The van der Waals surface area contributed by atoms with Gasteiger partial charge in [-0.25, -0.2) is 0 Å². The van der Waals surface area contributed by atoms with E-state index in [1.807, 2.05) is 18.7 Å². The lowest BCUT2D eigenvalue weighted by Crippen LogP contribution is -2.49. The highest BCUT2D eigenvalue weighted by atomic mass is 16.2. The second kappa shape index (κ2) is 6.88. The molecule has 0 bridgehead atoms. The van der Waals surface area contributed by atoms with Gasteiger partial charge in [0.15, 0.2) is 0 Å². The number of nitrogens with one attached hydrogen (secondary N) is 2. The molecule has 1 aromatic rings. The van der Waals surface area contributed by atoms with Crippen molar-refractivity contribution in [2.75, 3.05) is 13.1 Å². The number of rotatable bonds is 5. The first-order valence-corrected chi connectivity index (χ1v) is 7.66. The molecule has 0 aromatic carbocycles. The van der Waals surface area contributed by atoms with Crippen LogP contribution in [0.5, 0.6) is 0 Å². The standard InChI is InChI=1S/C15H26N4O/c1-4-12-10-13(19(3)18-12)8-11-6-7-17-14(9-11)15(20)16-5-2/h10-11,14,17H,4-9H2,1-3H3,(H,16,20). The molecule has 112 valence electrons. The van der Waals surface area contributed by atoms with Crippen molar-refractivity contribution in [1.82, 2.24) is 20.4 Å². The van der Waals surface area contributed by atoms with Gasteiger partial charge in [-0.15, -0.1) is 0 Å². The molecule has 5 nitrogen and oxygen atoms in total. The first kappa shape index (κ1) is 15.0. The quantitative estimate of drug-likeness (QED) is 0.846. The van der Waals surface area contributed by atoms with E-state index >= 15 is 0 Å². The molecule has 5 heteroatoms. The minimum Gasteiger partial charge on any atom is -0.355 e. The molecule has 2 rings (SSSR count). The monoisotopic (exact) mass is 278 g/mol. The number of carbonyl (C=O) groups excluding carboxylic acids is 1. The lowest BCUT2D eigenvalue weighted by molar-refractivity contribution is -0.123. The average molecular weight is 278 g/mol. The zero-order chi connectivity index (χ0) is 14.5. The Hall–Kier alpha value is -1.36. The average Bonchev–Trinajstić information content (AvgIpc) is 2.80. The molecule has 1 saturated heterocycles. The van der Waals surface area contributed by atoms with Gasteiger partial charge in [-0.05, 0) is 51.1 Å². The SMILES string of the molecule is CCNC(=O)C1CC(Cc2cc(CC)nn2C)CCN1. The lowest BCUT2D eigenvalue weighted by atomic mass is 9.88. The van der Waals surface area contributed by atoms with E-state index in [2.05, 4.69) is 28.7 Å². The number of amides is 1. The Kier molecular flexibility index (Phi) is 5.17. The second-order valence-corrected chi connectivity index (χ2v) is 5.60. The molecular formula is C15H26N4O. The van der Waals surface area contributed by atoms with Crippen molar-refractivity contribution < 1.29 is 4.79 Å². The summed E-state index contributed by atoms with van der Waals surface area (Å²) in [5, 5.41) is 10.7. The van der Waals surface area contributed by atoms with Crippen LogP contribution in [-0.2, 0) is 24.7 Å². The van der Waals surface area contributed by atoms with Gasteiger partial charge in [0, 0.05) is 19.3 Å². The smallest absolute Gasteiger partial charge is 0.237 e. The van der Waals surface area contributed by atoms with Crippen molar-refractivity contribution in [2.45, 2.75) is 45.6 Å². The van der Waals surface area contributed by atoms with Crippen molar-refractivity contribution in [2.24, 2.45) is 13.0 Å². The van der Waals surface area contributed by atoms with Crippen molar-refractivity contribution in [1.29, 1.82) is 0 Å². The number of hydrogen-bond acceptors (Lipinski definition) is 3. The van der Waals surface area contributed by atoms with E-state index in [1.54, 1.807) is 0 Å². The first-order valence-electron chi connectivity index (χ1n) is 7.66. The van der Waals surface area contributed by atoms with E-state index in [1.165, 1.54) is 5.69 Å². The topological polar surface area (TPSA) is 59.0 Å². The Labute approximate surface area is 121 Å². The summed E-state index contributed by atoms with van der Waals surface area (Å²) in [4.78, 5) is 11.9. The van der Waals surface area contributed by atoms with Crippen LogP contribution in [0.3, 0.4) is 0 Å². The molecular weight excluding hydrogens is 252 g/mol. The number of aryl methyl sites for hydroxylation is 2. The Balaban J connectivity index is 1.95. The van der Waals surface area contributed by atoms with Gasteiger partial charge in [-0.2, -0.15) is 5.10 Å². The molecule has 0 saturated carbocycles. The summed E-state index contributed by atoms with van der Waals surface area (Å²) >= 11 is 0. The van der Waals surface area contributed by atoms with Crippen molar-refractivity contribution in [3.05, 3.63) is 17.5 Å². The van der Waals surface area contributed by atoms with Crippen LogP contribution in [0.1, 0.15) is 38.1 Å². The van der Waals surface area contributed by atoms with Crippen LogP contribution >= 0.6 is 0 Å². The predicted octanol–water partition coefficient (Wildman–Crippen LogP) is 1.03. The summed E-state index contributed by atoms with van der Waals surface area (Å²) in [6, 6.07) is 2.16. The molecule has 1 aliphatic heterocycles. The van der Waals surface area contributed by atoms with Crippen LogP contribution in [-0.4, -0.2) is 34.8 Å². The minimum absolute atomic E-state index is 0.0347. The van der Waals surface area contributed by atoms with Crippen LogP contribution in [0.4, 0.5) is 0 Å². The zero-order valence-corrected chi connectivity index (χ0v) is 12.8. The van der Waals surface area contributed by atoms with Crippen LogP contribution in [0.25, 0.3) is 0 Å². The molecule has 20 heavy (non-hydrogen) atoms. The molecule has 2 N–H and O–H groups in total. The molecule has 2 heterocycles. The van der Waals surface area contributed by atoms with Gasteiger partial charge in [0.05, 0.1) is 11.7 Å². The number of nitrogens with zero attached hydrogens (tertiary/aromatic N) is 2. The van der Waals surface area contributed by atoms with E-state index in [0.717, 1.165) is 37.9 Å². The van der Waals surface area contributed by atoms with E-state index in [0.29, 0.717) is 12.5 Å². The van der Waals surface area contributed by atoms with Crippen LogP contribution in [0, 0.1) is 5.92 Å². The largest absolute Gasteiger partial charge is 0.355 e. The van der Waals surface area contributed by atoms with Crippen LogP contribution < -0.4 is 10.6 Å². The number of aromatic nitrogens is 2. The van der Waals surface area contributed by atoms with Crippen LogP contribution in [0.2, 0.25) is 0 Å². The summed E-state index contributed by atoms with van der Waals surface area (Å²) < 4.78 is 1.99. The molecule has 0 radical (unpaired) electrons. The Bertz CT molecular complexity index is 455. The van der Waals surface area contributed by atoms with Crippen LogP contribution in [0.15, 0.2) is 6.07 Å². The van der Waals surface area contributed by atoms with Crippen molar-refractivity contribution >= 4 is 5.91 Å². The zero-order valence-electron chi connectivity index (χ0n) is 12.8. The number of piperidine rings is 1. The maximum atomic E-state index is 11.9. The number of likely N-dealkylation sites (N-methyl/N-ethyl adjacent to an activating group) is 1. The fourth-order valence-electron chi connectivity index (χ4n) is 2.91. The first-order chi connectivity index (χ1) is 9.63. The Morgan fingerprint density at radius 2 is 2.35 bits per heavy atom. The van der Waals surface area contributed by atoms with Crippen molar-refractivity contribution in [3.8, 4) is 0 Å². The molecule has 2 unspecified atom stereocenters. The third-order valence-electron chi connectivity index (χ3n) is 4.07. The highest BCUT2D eigenvalue weighted by Crippen LogP contribution is 2.21. The van der Waals surface area contributed by atoms with E-state index in [4.69, 9.17) is 0 Å². The van der Waals surface area contributed by atoms with Gasteiger partial charge in [0.1, 0.15) is 0 Å². The molecule has 0 aliphatic carbocycles. The maximum absolute atomic E-state index is 11.9. The normalized spacial score (nSPS) is 22.8. The summed E-state index contributed by atoms with van der Waals surface area (Å²) in [5.74, 6) is 0.695. The summed E-state index contributed by atoms with van der Waals surface area (Å²) in [6.45, 7) is 5.70. The second-order valence-electron chi connectivity index (χ2n) is 5.60. The van der Waals surface area contributed by atoms with Gasteiger partial charge in [-0.3, -0.25) is 9.48 Å². The Morgan fingerprint density at radius 1 is 1.55 bits per heavy atom. The number of carbonyl (C=O) groups is 1. The molecule has 1 fully saturated rings.